The van der Waals surface area contributed by atoms with Gasteiger partial charge in [-0.1, -0.05) is 32.6 Å². The summed E-state index contributed by atoms with van der Waals surface area (Å²) in [5, 5.41) is 0.628. The van der Waals surface area contributed by atoms with Gasteiger partial charge < -0.3 is 4.43 Å². The zero-order valence-corrected chi connectivity index (χ0v) is 9.77. The van der Waals surface area contributed by atoms with Gasteiger partial charge in [0.15, 0.2) is 0 Å². The van der Waals surface area contributed by atoms with E-state index in [4.69, 9.17) is 4.43 Å². The molecule has 0 aromatic rings. The van der Waals surface area contributed by atoms with E-state index in [1.165, 1.54) is 51.0 Å². The molecule has 75 valence electrons. The molecule has 1 radical (unpaired) electrons. The van der Waals surface area contributed by atoms with Gasteiger partial charge in [0.25, 0.3) is 0 Å². The normalized spacial score (nSPS) is 30.2. The van der Waals surface area contributed by atoms with Gasteiger partial charge in [-0.05, 0) is 30.3 Å². The second-order valence-corrected chi connectivity index (χ2v) is 7.69. The molecule has 2 rings (SSSR count). The van der Waals surface area contributed by atoms with Crippen LogP contribution in [-0.2, 0) is 4.43 Å². The Hall–Kier alpha value is 0.177. The number of hydrogen-bond donors (Lipinski definition) is 0. The van der Waals surface area contributed by atoms with E-state index in [0.717, 1.165) is 6.61 Å². The van der Waals surface area contributed by atoms with Gasteiger partial charge in [-0.2, -0.15) is 0 Å². The van der Waals surface area contributed by atoms with Gasteiger partial charge in [0.2, 0.25) is 9.04 Å². The van der Waals surface area contributed by atoms with Crippen molar-refractivity contribution in [2.75, 3.05) is 6.61 Å². The maximum absolute atomic E-state index is 6.02. The smallest absolute Gasteiger partial charge is 0.217 e. The molecule has 1 heterocycles. The lowest BCUT2D eigenvalue weighted by Gasteiger charge is -2.40. The van der Waals surface area contributed by atoms with Crippen LogP contribution in [0.25, 0.3) is 0 Å². The molecular formula is C11H21OSi. The van der Waals surface area contributed by atoms with E-state index in [0.29, 0.717) is 5.04 Å². The highest BCUT2D eigenvalue weighted by atomic mass is 28.3. The molecule has 0 amide bonds. The Balaban J connectivity index is 1.94. The molecule has 0 bridgehead atoms. The van der Waals surface area contributed by atoms with E-state index in [9.17, 15) is 0 Å². The van der Waals surface area contributed by atoms with Crippen LogP contribution in [0.4, 0.5) is 0 Å². The van der Waals surface area contributed by atoms with Crippen molar-refractivity contribution < 1.29 is 4.43 Å². The van der Waals surface area contributed by atoms with Gasteiger partial charge in [-0.15, -0.1) is 0 Å². The molecule has 1 aliphatic heterocycles. The largest absolute Gasteiger partial charge is 0.416 e. The maximum Gasteiger partial charge on any atom is 0.217 e. The average molecular weight is 197 g/mol. The molecule has 0 N–H and O–H groups in total. The van der Waals surface area contributed by atoms with Gasteiger partial charge in [-0.25, -0.2) is 0 Å². The zero-order chi connectivity index (χ0) is 9.15. The van der Waals surface area contributed by atoms with Crippen molar-refractivity contribution in [1.29, 1.82) is 0 Å². The van der Waals surface area contributed by atoms with Crippen LogP contribution in [0.2, 0.25) is 11.1 Å². The predicted octanol–water partition coefficient (Wildman–Crippen LogP) is 3.51. The first-order valence-corrected chi connectivity index (χ1v) is 7.42. The van der Waals surface area contributed by atoms with E-state index in [2.05, 4.69) is 6.92 Å². The molecule has 2 fully saturated rings. The van der Waals surface area contributed by atoms with E-state index in [1.807, 2.05) is 0 Å². The Bertz CT molecular complexity index is 157. The zero-order valence-electron chi connectivity index (χ0n) is 8.77. The highest BCUT2D eigenvalue weighted by Crippen LogP contribution is 2.47. The van der Waals surface area contributed by atoms with Crippen molar-refractivity contribution in [2.45, 2.75) is 63.0 Å². The lowest BCUT2D eigenvalue weighted by atomic mass is 9.90. The minimum Gasteiger partial charge on any atom is -0.416 e. The molecule has 1 aliphatic carbocycles. The van der Waals surface area contributed by atoms with Crippen molar-refractivity contribution in [1.82, 2.24) is 0 Å². The van der Waals surface area contributed by atoms with Gasteiger partial charge in [-0.3, -0.25) is 0 Å². The second-order valence-electron chi connectivity index (χ2n) is 4.85. The van der Waals surface area contributed by atoms with E-state index in [1.54, 1.807) is 0 Å². The summed E-state index contributed by atoms with van der Waals surface area (Å²) >= 11 is 0. The fourth-order valence-corrected chi connectivity index (χ4v) is 5.71. The Morgan fingerprint density at radius 2 is 1.77 bits per heavy atom. The van der Waals surface area contributed by atoms with Crippen LogP contribution >= 0.6 is 0 Å². The fraction of sp³-hybridized carbons (Fsp3) is 1.00. The van der Waals surface area contributed by atoms with Crippen LogP contribution in [0.1, 0.15) is 51.9 Å². The fourth-order valence-electron chi connectivity index (χ4n) is 2.74. The molecule has 13 heavy (non-hydrogen) atoms. The predicted molar refractivity (Wildman–Crippen MR) is 57.2 cm³/mol. The number of rotatable bonds is 1. The maximum atomic E-state index is 6.02. The number of hydrogen-bond acceptors (Lipinski definition) is 1. The first kappa shape index (κ1) is 9.72. The SMILES string of the molecule is CC1([Si]2CCCCO2)CCCCC1. The molecule has 1 nitrogen and oxygen atoms in total. The van der Waals surface area contributed by atoms with Crippen LogP contribution in [0.5, 0.6) is 0 Å². The van der Waals surface area contributed by atoms with Crippen molar-refractivity contribution in [3.63, 3.8) is 0 Å². The standard InChI is InChI=1S/C11H21OSi/c1-11(7-3-2-4-8-11)13-10-6-5-9-12-13/h2-10H2,1H3. The minimum absolute atomic E-state index is 0.447. The summed E-state index contributed by atoms with van der Waals surface area (Å²) in [5.74, 6) is 0. The molecule has 0 aromatic carbocycles. The third kappa shape index (κ3) is 2.16. The summed E-state index contributed by atoms with van der Waals surface area (Å²) < 4.78 is 6.02. The molecule has 2 aliphatic rings. The summed E-state index contributed by atoms with van der Waals surface area (Å²) in [7, 11) is -0.447. The van der Waals surface area contributed by atoms with Gasteiger partial charge in [0.05, 0.1) is 0 Å². The van der Waals surface area contributed by atoms with Crippen molar-refractivity contribution in [2.24, 2.45) is 0 Å². The Kier molecular flexibility index (Phi) is 3.09. The third-order valence-corrected chi connectivity index (χ3v) is 6.91. The van der Waals surface area contributed by atoms with Gasteiger partial charge >= 0.3 is 0 Å². The van der Waals surface area contributed by atoms with Crippen molar-refractivity contribution in [3.8, 4) is 0 Å². The van der Waals surface area contributed by atoms with Gasteiger partial charge in [0.1, 0.15) is 0 Å². The molecule has 0 aromatic heterocycles. The van der Waals surface area contributed by atoms with E-state index >= 15 is 0 Å². The quantitative estimate of drug-likeness (QED) is 0.585. The van der Waals surface area contributed by atoms with E-state index < -0.39 is 9.04 Å². The lowest BCUT2D eigenvalue weighted by Crippen LogP contribution is -2.37. The Morgan fingerprint density at radius 1 is 1.00 bits per heavy atom. The summed E-state index contributed by atoms with van der Waals surface area (Å²) in [6.07, 6.45) is 10.0. The van der Waals surface area contributed by atoms with Crippen molar-refractivity contribution >= 4 is 9.04 Å². The highest BCUT2D eigenvalue weighted by Gasteiger charge is 2.39. The molecule has 0 unspecified atom stereocenters. The Morgan fingerprint density at radius 3 is 2.38 bits per heavy atom. The summed E-state index contributed by atoms with van der Waals surface area (Å²) in [5.41, 5.74) is 0. The minimum atomic E-state index is -0.447. The van der Waals surface area contributed by atoms with Crippen LogP contribution in [0, 0.1) is 0 Å². The molecule has 1 saturated carbocycles. The van der Waals surface area contributed by atoms with Crippen LogP contribution < -0.4 is 0 Å². The first-order chi connectivity index (χ1) is 6.31. The second kappa shape index (κ2) is 4.14. The summed E-state index contributed by atoms with van der Waals surface area (Å²) in [6, 6.07) is 1.42. The molecular weight excluding hydrogens is 176 g/mol. The van der Waals surface area contributed by atoms with Crippen LogP contribution in [0.15, 0.2) is 0 Å². The van der Waals surface area contributed by atoms with Crippen LogP contribution in [-0.4, -0.2) is 15.6 Å². The Labute approximate surface area is 83.6 Å². The summed E-state index contributed by atoms with van der Waals surface area (Å²) in [6.45, 7) is 3.55. The molecule has 2 heteroatoms. The van der Waals surface area contributed by atoms with Crippen LogP contribution in [0.3, 0.4) is 0 Å². The third-order valence-electron chi connectivity index (χ3n) is 3.70. The molecule has 1 saturated heterocycles. The first-order valence-electron chi connectivity index (χ1n) is 5.80. The highest BCUT2D eigenvalue weighted by molar-refractivity contribution is 6.55. The van der Waals surface area contributed by atoms with Gasteiger partial charge in [0, 0.05) is 6.61 Å². The molecule has 0 spiro atoms. The van der Waals surface area contributed by atoms with E-state index in [-0.39, 0.29) is 0 Å². The molecule has 0 atom stereocenters. The topological polar surface area (TPSA) is 9.23 Å². The average Bonchev–Trinajstić information content (AvgIpc) is 2.20. The monoisotopic (exact) mass is 197 g/mol. The summed E-state index contributed by atoms with van der Waals surface area (Å²) in [4.78, 5) is 0. The van der Waals surface area contributed by atoms with Crippen molar-refractivity contribution in [3.05, 3.63) is 0 Å². The lowest BCUT2D eigenvalue weighted by molar-refractivity contribution is 0.245.